The minimum absolute atomic E-state index is 0.102. The monoisotopic (exact) mass is 841 g/mol. The van der Waals surface area contributed by atoms with E-state index in [1.54, 1.807) is 0 Å². The summed E-state index contributed by atoms with van der Waals surface area (Å²) in [6.07, 6.45) is 58.3. The minimum atomic E-state index is -0.810. The van der Waals surface area contributed by atoms with E-state index in [4.69, 9.17) is 14.2 Å². The highest BCUT2D eigenvalue weighted by Gasteiger charge is 2.19. The lowest BCUT2D eigenvalue weighted by Gasteiger charge is -2.18. The maximum absolute atomic E-state index is 12.7. The van der Waals surface area contributed by atoms with E-state index in [9.17, 15) is 14.4 Å². The van der Waals surface area contributed by atoms with Gasteiger partial charge in [0.25, 0.3) is 0 Å². The number of hydrogen-bond acceptors (Lipinski definition) is 6. The zero-order valence-electron chi connectivity index (χ0n) is 39.7. The Morgan fingerprint density at radius 3 is 1.15 bits per heavy atom. The van der Waals surface area contributed by atoms with Gasteiger partial charge in [0.15, 0.2) is 6.10 Å². The first-order valence-corrected chi connectivity index (χ1v) is 25.7. The molecule has 0 rings (SSSR count). The van der Waals surface area contributed by atoms with Gasteiger partial charge in [-0.05, 0) is 57.8 Å². The molecule has 0 aliphatic rings. The van der Waals surface area contributed by atoms with Crippen LogP contribution in [0.3, 0.4) is 0 Å². The molecule has 6 nitrogen and oxygen atoms in total. The summed E-state index contributed by atoms with van der Waals surface area (Å²) in [7, 11) is 0. The number of ether oxygens (including phenoxy) is 3. The normalized spacial score (nSPS) is 12.4. The first kappa shape index (κ1) is 57.4. The van der Waals surface area contributed by atoms with E-state index in [1.165, 1.54) is 148 Å². The van der Waals surface area contributed by atoms with Gasteiger partial charge >= 0.3 is 17.9 Å². The molecule has 0 aromatic rings. The SMILES string of the molecule is CCCC/C=C\C=C/CCCCCC(=O)OCC(COC(=O)CCCCCCCCCCCCCCCCCCCC)OC(=O)CC/C=C\C/C=C\CCCCCCCC. The molecular weight excluding hydrogens is 745 g/mol. The maximum Gasteiger partial charge on any atom is 0.306 e. The van der Waals surface area contributed by atoms with E-state index in [0.717, 1.165) is 64.2 Å². The highest BCUT2D eigenvalue weighted by molar-refractivity contribution is 5.71. The number of carbonyl (C=O) groups excluding carboxylic acids is 3. The second-order valence-electron chi connectivity index (χ2n) is 17.1. The Bertz CT molecular complexity index is 1060. The lowest BCUT2D eigenvalue weighted by molar-refractivity contribution is -0.166. The summed E-state index contributed by atoms with van der Waals surface area (Å²) in [4.78, 5) is 37.8. The highest BCUT2D eigenvalue weighted by atomic mass is 16.6. The third-order valence-electron chi connectivity index (χ3n) is 11.1. The molecular formula is C54H96O6. The summed E-state index contributed by atoms with van der Waals surface area (Å²) < 4.78 is 16.7. The molecule has 0 amide bonds. The molecule has 0 aliphatic carbocycles. The summed E-state index contributed by atoms with van der Waals surface area (Å²) in [5, 5.41) is 0. The minimum Gasteiger partial charge on any atom is -0.462 e. The van der Waals surface area contributed by atoms with Crippen LogP contribution in [0.5, 0.6) is 0 Å². The van der Waals surface area contributed by atoms with Crippen molar-refractivity contribution in [3.8, 4) is 0 Å². The third-order valence-corrected chi connectivity index (χ3v) is 11.1. The van der Waals surface area contributed by atoms with Crippen LogP contribution in [0.25, 0.3) is 0 Å². The zero-order chi connectivity index (χ0) is 43.7. The number of unbranched alkanes of at least 4 members (excludes halogenated alkanes) is 28. The van der Waals surface area contributed by atoms with Crippen LogP contribution >= 0.6 is 0 Å². The van der Waals surface area contributed by atoms with Crippen molar-refractivity contribution in [3.63, 3.8) is 0 Å². The van der Waals surface area contributed by atoms with Crippen LogP contribution in [0.1, 0.15) is 258 Å². The van der Waals surface area contributed by atoms with Crippen molar-refractivity contribution < 1.29 is 28.6 Å². The van der Waals surface area contributed by atoms with E-state index < -0.39 is 6.10 Å². The maximum atomic E-state index is 12.7. The summed E-state index contributed by atoms with van der Waals surface area (Å²) in [6, 6.07) is 0. The molecule has 0 saturated carbocycles. The van der Waals surface area contributed by atoms with Gasteiger partial charge in [0.2, 0.25) is 0 Å². The zero-order valence-corrected chi connectivity index (χ0v) is 39.7. The predicted molar refractivity (Wildman–Crippen MR) is 256 cm³/mol. The van der Waals surface area contributed by atoms with Crippen molar-refractivity contribution in [2.45, 2.75) is 264 Å². The fraction of sp³-hybridized carbons (Fsp3) is 0.796. The molecule has 0 aromatic heterocycles. The second kappa shape index (κ2) is 49.0. The van der Waals surface area contributed by atoms with Gasteiger partial charge in [0.05, 0.1) is 0 Å². The van der Waals surface area contributed by atoms with E-state index in [0.29, 0.717) is 19.3 Å². The van der Waals surface area contributed by atoms with Crippen LogP contribution in [-0.2, 0) is 28.6 Å². The number of esters is 3. The van der Waals surface area contributed by atoms with Crippen molar-refractivity contribution in [1.82, 2.24) is 0 Å². The topological polar surface area (TPSA) is 78.9 Å². The average molecular weight is 841 g/mol. The van der Waals surface area contributed by atoms with Crippen molar-refractivity contribution in [1.29, 1.82) is 0 Å². The molecule has 0 N–H and O–H groups in total. The van der Waals surface area contributed by atoms with Gasteiger partial charge < -0.3 is 14.2 Å². The average Bonchev–Trinajstić information content (AvgIpc) is 3.24. The van der Waals surface area contributed by atoms with Gasteiger partial charge in [0.1, 0.15) is 13.2 Å². The Kier molecular flexibility index (Phi) is 46.9. The molecule has 60 heavy (non-hydrogen) atoms. The van der Waals surface area contributed by atoms with Gasteiger partial charge in [-0.3, -0.25) is 14.4 Å². The predicted octanol–water partition coefficient (Wildman–Crippen LogP) is 16.7. The Balaban J connectivity index is 4.38. The van der Waals surface area contributed by atoms with Crippen LogP contribution in [0, 0.1) is 0 Å². The number of allylic oxidation sites excluding steroid dienone is 8. The summed E-state index contributed by atoms with van der Waals surface area (Å²) in [6.45, 7) is 6.52. The van der Waals surface area contributed by atoms with Gasteiger partial charge in [-0.25, -0.2) is 0 Å². The molecule has 0 aromatic carbocycles. The fourth-order valence-corrected chi connectivity index (χ4v) is 7.18. The molecule has 348 valence electrons. The quantitative estimate of drug-likeness (QED) is 0.0200. The Morgan fingerprint density at radius 2 is 0.700 bits per heavy atom. The van der Waals surface area contributed by atoms with E-state index in [2.05, 4.69) is 63.3 Å². The Morgan fingerprint density at radius 1 is 0.350 bits per heavy atom. The van der Waals surface area contributed by atoms with Gasteiger partial charge in [-0.1, -0.05) is 230 Å². The molecule has 0 spiro atoms. The Labute approximate surface area is 371 Å². The van der Waals surface area contributed by atoms with E-state index in [-0.39, 0.29) is 37.5 Å². The standard InChI is InChI=1S/C54H96O6/c1-4-7-10-13-16-19-22-24-25-26-27-28-30-32-35-38-41-44-47-53(56)59-50-51(49-58-52(55)46-43-40-37-34-31-21-18-15-12-9-6-3)60-54(57)48-45-42-39-36-33-29-23-20-17-14-11-8-5-2/h15,18,21,29,31,33,39,42,51H,4-14,16-17,19-20,22-28,30,32,34-38,40-41,43-50H2,1-3H3/b18-15-,31-21-,33-29-,42-39-. The van der Waals surface area contributed by atoms with Crippen LogP contribution < -0.4 is 0 Å². The lowest BCUT2D eigenvalue weighted by Crippen LogP contribution is -2.30. The van der Waals surface area contributed by atoms with Gasteiger partial charge in [0, 0.05) is 19.3 Å². The molecule has 1 unspecified atom stereocenters. The van der Waals surface area contributed by atoms with Crippen LogP contribution in [-0.4, -0.2) is 37.2 Å². The van der Waals surface area contributed by atoms with Crippen molar-refractivity contribution >= 4 is 17.9 Å². The molecule has 0 radical (unpaired) electrons. The second-order valence-corrected chi connectivity index (χ2v) is 17.1. The van der Waals surface area contributed by atoms with Crippen LogP contribution in [0.2, 0.25) is 0 Å². The third kappa shape index (κ3) is 46.4. The smallest absolute Gasteiger partial charge is 0.306 e. The summed E-state index contributed by atoms with van der Waals surface area (Å²) in [5.41, 5.74) is 0. The van der Waals surface area contributed by atoms with E-state index >= 15 is 0 Å². The largest absolute Gasteiger partial charge is 0.462 e. The first-order valence-electron chi connectivity index (χ1n) is 25.7. The molecule has 0 heterocycles. The molecule has 0 fully saturated rings. The van der Waals surface area contributed by atoms with Gasteiger partial charge in [-0.15, -0.1) is 0 Å². The van der Waals surface area contributed by atoms with Gasteiger partial charge in [-0.2, -0.15) is 0 Å². The Hall–Kier alpha value is -2.63. The number of carbonyl (C=O) groups is 3. The number of hydrogen-bond donors (Lipinski definition) is 0. The van der Waals surface area contributed by atoms with Crippen molar-refractivity contribution in [2.24, 2.45) is 0 Å². The molecule has 6 heteroatoms. The molecule has 0 bridgehead atoms. The van der Waals surface area contributed by atoms with Crippen molar-refractivity contribution in [2.75, 3.05) is 13.2 Å². The first-order chi connectivity index (χ1) is 29.5. The highest BCUT2D eigenvalue weighted by Crippen LogP contribution is 2.15. The molecule has 0 saturated heterocycles. The number of rotatable bonds is 46. The summed E-state index contributed by atoms with van der Waals surface area (Å²) >= 11 is 0. The van der Waals surface area contributed by atoms with Crippen LogP contribution in [0.4, 0.5) is 0 Å². The van der Waals surface area contributed by atoms with Crippen LogP contribution in [0.15, 0.2) is 48.6 Å². The molecule has 0 aliphatic heterocycles. The van der Waals surface area contributed by atoms with Crippen molar-refractivity contribution in [3.05, 3.63) is 48.6 Å². The van der Waals surface area contributed by atoms with E-state index in [1.807, 2.05) is 6.08 Å². The molecule has 1 atom stereocenters. The lowest BCUT2D eigenvalue weighted by atomic mass is 10.0. The summed E-state index contributed by atoms with van der Waals surface area (Å²) in [5.74, 6) is -0.993. The fourth-order valence-electron chi connectivity index (χ4n) is 7.18.